The number of halogens is 1. The van der Waals surface area contributed by atoms with Gasteiger partial charge in [-0.05, 0) is 46.3 Å². The number of nitrogens with zero attached hydrogens (tertiary/aromatic N) is 1. The molecule has 0 radical (unpaired) electrons. The molecule has 2 N–H and O–H groups in total. The zero-order valence-corrected chi connectivity index (χ0v) is 11.6. The molecular formula is C15H11BrN2O. The van der Waals surface area contributed by atoms with Gasteiger partial charge in [-0.1, -0.05) is 12.1 Å². The average molecular weight is 315 g/mol. The fourth-order valence-electron chi connectivity index (χ4n) is 1.92. The summed E-state index contributed by atoms with van der Waals surface area (Å²) in [6.45, 7) is 0. The first-order valence-electron chi connectivity index (χ1n) is 5.80. The zero-order chi connectivity index (χ0) is 13.2. The van der Waals surface area contributed by atoms with Gasteiger partial charge in [-0.25, -0.2) is 0 Å². The number of anilines is 1. The molecule has 19 heavy (non-hydrogen) atoms. The summed E-state index contributed by atoms with van der Waals surface area (Å²) < 4.78 is 6.84. The predicted molar refractivity (Wildman–Crippen MR) is 80.4 cm³/mol. The minimum absolute atomic E-state index is 0.719. The van der Waals surface area contributed by atoms with Crippen molar-refractivity contribution in [1.82, 2.24) is 4.98 Å². The largest absolute Gasteiger partial charge is 0.455 e. The van der Waals surface area contributed by atoms with Gasteiger partial charge in [0.15, 0.2) is 0 Å². The van der Waals surface area contributed by atoms with E-state index in [1.54, 1.807) is 12.4 Å². The van der Waals surface area contributed by atoms with Crippen LogP contribution in [0.5, 0.6) is 11.5 Å². The molecule has 0 aliphatic heterocycles. The van der Waals surface area contributed by atoms with Crippen LogP contribution in [0.1, 0.15) is 0 Å². The van der Waals surface area contributed by atoms with Gasteiger partial charge >= 0.3 is 0 Å². The van der Waals surface area contributed by atoms with Crippen molar-refractivity contribution < 1.29 is 4.74 Å². The molecule has 94 valence electrons. The molecule has 4 heteroatoms. The summed E-state index contributed by atoms with van der Waals surface area (Å²) in [6.07, 6.45) is 3.48. The number of hydrogen-bond donors (Lipinski definition) is 1. The summed E-state index contributed by atoms with van der Waals surface area (Å²) >= 11 is 3.47. The van der Waals surface area contributed by atoms with Crippen molar-refractivity contribution in [3.63, 3.8) is 0 Å². The molecule has 3 aromatic rings. The maximum absolute atomic E-state index is 5.96. The second kappa shape index (κ2) is 4.90. The van der Waals surface area contributed by atoms with Gasteiger partial charge in [0.2, 0.25) is 0 Å². The summed E-state index contributed by atoms with van der Waals surface area (Å²) in [6, 6.07) is 13.3. The number of ether oxygens (including phenoxy) is 1. The fraction of sp³-hybridized carbons (Fsp3) is 0. The van der Waals surface area contributed by atoms with Crippen molar-refractivity contribution in [3.05, 3.63) is 59.3 Å². The van der Waals surface area contributed by atoms with E-state index in [0.717, 1.165) is 32.4 Å². The van der Waals surface area contributed by atoms with Crippen LogP contribution < -0.4 is 10.5 Å². The van der Waals surface area contributed by atoms with Crippen molar-refractivity contribution in [2.75, 3.05) is 5.73 Å². The number of fused-ring (bicyclic) bond motifs is 1. The van der Waals surface area contributed by atoms with Gasteiger partial charge in [0.25, 0.3) is 0 Å². The van der Waals surface area contributed by atoms with E-state index < -0.39 is 0 Å². The van der Waals surface area contributed by atoms with Crippen LogP contribution in [0.2, 0.25) is 0 Å². The van der Waals surface area contributed by atoms with Crippen LogP contribution in [-0.4, -0.2) is 4.98 Å². The van der Waals surface area contributed by atoms with Crippen LogP contribution >= 0.6 is 15.9 Å². The molecule has 0 saturated carbocycles. The van der Waals surface area contributed by atoms with Gasteiger partial charge in [-0.15, -0.1) is 0 Å². The fourth-order valence-corrected chi connectivity index (χ4v) is 2.29. The van der Waals surface area contributed by atoms with Crippen molar-refractivity contribution in [2.45, 2.75) is 0 Å². The van der Waals surface area contributed by atoms with E-state index >= 15 is 0 Å². The summed E-state index contributed by atoms with van der Waals surface area (Å²) in [7, 11) is 0. The maximum atomic E-state index is 5.96. The number of benzene rings is 2. The second-order valence-electron chi connectivity index (χ2n) is 4.11. The first-order valence-corrected chi connectivity index (χ1v) is 6.59. The molecule has 0 unspecified atom stereocenters. The first-order chi connectivity index (χ1) is 9.25. The molecular weight excluding hydrogens is 304 g/mol. The Hall–Kier alpha value is -2.07. The number of nitrogen functional groups attached to an aromatic ring is 1. The SMILES string of the molecule is Nc1ccc(Oc2ccccc2Br)c2cnccc12. The molecule has 1 heterocycles. The predicted octanol–water partition coefficient (Wildman–Crippen LogP) is 4.37. The highest BCUT2D eigenvalue weighted by Crippen LogP contribution is 2.35. The van der Waals surface area contributed by atoms with Crippen molar-refractivity contribution in [2.24, 2.45) is 0 Å². The number of para-hydroxylation sites is 1. The first kappa shape index (κ1) is 12.0. The lowest BCUT2D eigenvalue weighted by molar-refractivity contribution is 0.485. The van der Waals surface area contributed by atoms with Crippen LogP contribution in [0.25, 0.3) is 10.8 Å². The Morgan fingerprint density at radius 1 is 0.947 bits per heavy atom. The van der Waals surface area contributed by atoms with Crippen molar-refractivity contribution in [1.29, 1.82) is 0 Å². The average Bonchev–Trinajstić information content (AvgIpc) is 2.44. The molecule has 0 aliphatic carbocycles. The summed E-state index contributed by atoms with van der Waals surface area (Å²) in [5.74, 6) is 1.50. The van der Waals surface area contributed by atoms with E-state index in [4.69, 9.17) is 10.5 Å². The molecule has 3 rings (SSSR count). The Morgan fingerprint density at radius 2 is 1.79 bits per heavy atom. The van der Waals surface area contributed by atoms with Crippen LogP contribution in [0.15, 0.2) is 59.3 Å². The Kier molecular flexibility index (Phi) is 3.09. The molecule has 0 aliphatic rings. The van der Waals surface area contributed by atoms with Gasteiger partial charge in [0.05, 0.1) is 4.47 Å². The molecule has 2 aromatic carbocycles. The van der Waals surface area contributed by atoms with Crippen LogP contribution in [0.4, 0.5) is 5.69 Å². The molecule has 0 fully saturated rings. The highest BCUT2D eigenvalue weighted by atomic mass is 79.9. The maximum Gasteiger partial charge on any atom is 0.141 e. The third-order valence-electron chi connectivity index (χ3n) is 2.87. The summed E-state index contributed by atoms with van der Waals surface area (Å²) in [5, 5.41) is 1.85. The molecule has 0 amide bonds. The smallest absolute Gasteiger partial charge is 0.141 e. The van der Waals surface area contributed by atoms with Crippen molar-refractivity contribution in [3.8, 4) is 11.5 Å². The highest BCUT2D eigenvalue weighted by Gasteiger charge is 2.07. The zero-order valence-electron chi connectivity index (χ0n) is 10.0. The Labute approximate surface area is 119 Å². The summed E-state index contributed by atoms with van der Waals surface area (Å²) in [4.78, 5) is 4.13. The number of pyridine rings is 1. The van der Waals surface area contributed by atoms with Crippen LogP contribution in [-0.2, 0) is 0 Å². The third-order valence-corrected chi connectivity index (χ3v) is 3.52. The Balaban J connectivity index is 2.12. The number of hydrogen-bond acceptors (Lipinski definition) is 3. The van der Waals surface area contributed by atoms with Crippen LogP contribution in [0.3, 0.4) is 0 Å². The number of rotatable bonds is 2. The van der Waals surface area contributed by atoms with Gasteiger partial charge in [-0.2, -0.15) is 0 Å². The van der Waals surface area contributed by atoms with E-state index in [1.807, 2.05) is 42.5 Å². The molecule has 3 nitrogen and oxygen atoms in total. The number of aromatic nitrogens is 1. The van der Waals surface area contributed by atoms with Gasteiger partial charge in [-0.3, -0.25) is 4.98 Å². The normalized spacial score (nSPS) is 10.6. The lowest BCUT2D eigenvalue weighted by Crippen LogP contribution is -1.91. The van der Waals surface area contributed by atoms with Gasteiger partial charge in [0, 0.05) is 28.9 Å². The second-order valence-corrected chi connectivity index (χ2v) is 4.96. The van der Waals surface area contributed by atoms with Crippen LogP contribution in [0, 0.1) is 0 Å². The van der Waals surface area contributed by atoms with Gasteiger partial charge in [0.1, 0.15) is 11.5 Å². The molecule has 0 spiro atoms. The minimum Gasteiger partial charge on any atom is -0.455 e. The third kappa shape index (κ3) is 2.27. The quantitative estimate of drug-likeness (QED) is 0.714. The van der Waals surface area contributed by atoms with E-state index in [0.29, 0.717) is 0 Å². The highest BCUT2D eigenvalue weighted by molar-refractivity contribution is 9.10. The van der Waals surface area contributed by atoms with E-state index in [9.17, 15) is 0 Å². The standard InChI is InChI=1S/C15H11BrN2O/c16-12-3-1-2-4-15(12)19-14-6-5-13(17)10-7-8-18-9-11(10)14/h1-9H,17H2. The van der Waals surface area contributed by atoms with Gasteiger partial charge < -0.3 is 10.5 Å². The topological polar surface area (TPSA) is 48.1 Å². The van der Waals surface area contributed by atoms with E-state index in [1.165, 1.54) is 0 Å². The van der Waals surface area contributed by atoms with E-state index in [2.05, 4.69) is 20.9 Å². The number of nitrogens with two attached hydrogens (primary N) is 1. The molecule has 0 bridgehead atoms. The minimum atomic E-state index is 0.719. The molecule has 0 atom stereocenters. The Bertz CT molecular complexity index is 743. The monoisotopic (exact) mass is 314 g/mol. The van der Waals surface area contributed by atoms with Crippen molar-refractivity contribution >= 4 is 32.4 Å². The summed E-state index contributed by atoms with van der Waals surface area (Å²) in [5.41, 5.74) is 6.68. The molecule has 0 saturated heterocycles. The molecule has 1 aromatic heterocycles. The lowest BCUT2D eigenvalue weighted by Gasteiger charge is -2.11. The van der Waals surface area contributed by atoms with E-state index in [-0.39, 0.29) is 0 Å². The lowest BCUT2D eigenvalue weighted by atomic mass is 10.1. The Morgan fingerprint density at radius 3 is 2.63 bits per heavy atom.